The van der Waals surface area contributed by atoms with Crippen molar-refractivity contribution >= 4 is 23.2 Å². The molecule has 0 aliphatic carbocycles. The molecule has 2 rings (SSSR count). The van der Waals surface area contributed by atoms with Gasteiger partial charge in [-0.05, 0) is 31.3 Å². The minimum absolute atomic E-state index is 0.412. The van der Waals surface area contributed by atoms with E-state index in [1.54, 1.807) is 24.5 Å². The lowest BCUT2D eigenvalue weighted by atomic mass is 10.2. The highest BCUT2D eigenvalue weighted by Gasteiger charge is 2.08. The number of ether oxygens (including phenoxy) is 1. The average molecular weight is 286 g/mol. The zero-order valence-corrected chi connectivity index (χ0v) is 11.4. The van der Waals surface area contributed by atoms with Gasteiger partial charge in [0.05, 0.1) is 17.8 Å². The maximum Gasteiger partial charge on any atom is 0.138 e. The highest BCUT2D eigenvalue weighted by Crippen LogP contribution is 2.28. The number of hydrogen-bond donors (Lipinski definition) is 1. The van der Waals surface area contributed by atoms with Gasteiger partial charge in [-0.2, -0.15) is 0 Å². The summed E-state index contributed by atoms with van der Waals surface area (Å²) in [5, 5.41) is 4.13. The molecule has 0 aliphatic heterocycles. The van der Waals surface area contributed by atoms with Gasteiger partial charge in [-0.15, -0.1) is 0 Å². The summed E-state index contributed by atoms with van der Waals surface area (Å²) in [4.78, 5) is 0. The van der Waals surface area contributed by atoms with Gasteiger partial charge in [-0.1, -0.05) is 23.2 Å². The van der Waals surface area contributed by atoms with Gasteiger partial charge in [0.2, 0.25) is 0 Å². The maximum absolute atomic E-state index is 6.03. The van der Waals surface area contributed by atoms with Gasteiger partial charge in [-0.3, -0.25) is 0 Å². The van der Waals surface area contributed by atoms with E-state index in [-0.39, 0.29) is 0 Å². The van der Waals surface area contributed by atoms with Gasteiger partial charge < -0.3 is 14.5 Å². The van der Waals surface area contributed by atoms with Crippen LogP contribution in [0.2, 0.25) is 10.0 Å². The van der Waals surface area contributed by atoms with E-state index in [0.717, 1.165) is 11.3 Å². The fourth-order valence-corrected chi connectivity index (χ4v) is 2.02. The smallest absolute Gasteiger partial charge is 0.138 e. The highest BCUT2D eigenvalue weighted by molar-refractivity contribution is 6.35. The van der Waals surface area contributed by atoms with Crippen LogP contribution in [-0.4, -0.2) is 7.05 Å². The lowest BCUT2D eigenvalue weighted by molar-refractivity contribution is 0.302. The summed E-state index contributed by atoms with van der Waals surface area (Å²) in [6.07, 6.45) is 1.65. The average Bonchev–Trinajstić information content (AvgIpc) is 2.76. The van der Waals surface area contributed by atoms with Gasteiger partial charge in [0.1, 0.15) is 18.1 Å². The number of rotatable bonds is 5. The quantitative estimate of drug-likeness (QED) is 0.905. The molecule has 1 aromatic carbocycles. The molecule has 0 saturated carbocycles. The van der Waals surface area contributed by atoms with Crippen LogP contribution in [0.1, 0.15) is 11.3 Å². The molecule has 0 fully saturated rings. The molecule has 5 heteroatoms. The first-order valence-electron chi connectivity index (χ1n) is 5.48. The Balaban J connectivity index is 2.04. The normalized spacial score (nSPS) is 10.6. The molecular formula is C13H13Cl2NO2. The van der Waals surface area contributed by atoms with Crippen molar-refractivity contribution in [1.82, 2.24) is 5.32 Å². The van der Waals surface area contributed by atoms with E-state index in [2.05, 4.69) is 5.32 Å². The standard InChI is InChI=1S/C13H13Cl2NO2/c1-16-7-13-9(4-5-17-13)8-18-12-3-2-10(14)6-11(12)15/h2-6,16H,7-8H2,1H3. The maximum atomic E-state index is 6.03. The molecule has 1 heterocycles. The second-order valence-corrected chi connectivity index (χ2v) is 4.61. The molecule has 0 spiro atoms. The van der Waals surface area contributed by atoms with Crippen LogP contribution in [0.3, 0.4) is 0 Å². The number of halogens is 2. The first-order chi connectivity index (χ1) is 8.70. The van der Waals surface area contributed by atoms with Crippen LogP contribution in [0.25, 0.3) is 0 Å². The third-order valence-electron chi connectivity index (χ3n) is 2.45. The van der Waals surface area contributed by atoms with E-state index in [9.17, 15) is 0 Å². The predicted molar refractivity (Wildman–Crippen MR) is 72.3 cm³/mol. The molecule has 1 aromatic heterocycles. The van der Waals surface area contributed by atoms with Crippen molar-refractivity contribution in [2.45, 2.75) is 13.2 Å². The molecule has 0 atom stereocenters. The molecular weight excluding hydrogens is 273 g/mol. The second kappa shape index (κ2) is 6.14. The monoisotopic (exact) mass is 285 g/mol. The van der Waals surface area contributed by atoms with E-state index in [4.69, 9.17) is 32.4 Å². The zero-order valence-electron chi connectivity index (χ0n) is 9.87. The predicted octanol–water partition coefficient (Wildman–Crippen LogP) is 3.88. The Hall–Kier alpha value is -1.16. The fourth-order valence-electron chi connectivity index (χ4n) is 1.56. The van der Waals surface area contributed by atoms with Crippen LogP contribution in [0.15, 0.2) is 34.9 Å². The van der Waals surface area contributed by atoms with Crippen molar-refractivity contribution < 1.29 is 9.15 Å². The Morgan fingerprint density at radius 3 is 2.83 bits per heavy atom. The third-order valence-corrected chi connectivity index (χ3v) is 2.98. The number of nitrogens with one attached hydrogen (secondary N) is 1. The van der Waals surface area contributed by atoms with Crippen molar-refractivity contribution in [1.29, 1.82) is 0 Å². The first kappa shape index (κ1) is 13.3. The molecule has 2 aromatic rings. The Kier molecular flexibility index (Phi) is 4.53. The minimum atomic E-state index is 0.412. The molecule has 0 bridgehead atoms. The third kappa shape index (κ3) is 3.19. The van der Waals surface area contributed by atoms with Crippen molar-refractivity contribution in [3.8, 4) is 5.75 Å². The summed E-state index contributed by atoms with van der Waals surface area (Å²) in [6.45, 7) is 1.08. The summed E-state index contributed by atoms with van der Waals surface area (Å²) >= 11 is 11.8. The molecule has 3 nitrogen and oxygen atoms in total. The van der Waals surface area contributed by atoms with E-state index in [0.29, 0.717) is 28.9 Å². The fraction of sp³-hybridized carbons (Fsp3) is 0.231. The van der Waals surface area contributed by atoms with E-state index in [1.165, 1.54) is 0 Å². The van der Waals surface area contributed by atoms with Crippen LogP contribution in [0, 0.1) is 0 Å². The zero-order chi connectivity index (χ0) is 13.0. The Bertz CT molecular complexity index is 525. The van der Waals surface area contributed by atoms with E-state index >= 15 is 0 Å². The Morgan fingerprint density at radius 2 is 2.11 bits per heavy atom. The van der Waals surface area contributed by atoms with Crippen LogP contribution in [-0.2, 0) is 13.2 Å². The molecule has 0 radical (unpaired) electrons. The lowest BCUT2D eigenvalue weighted by Gasteiger charge is -2.08. The summed E-state index contributed by atoms with van der Waals surface area (Å²) < 4.78 is 11.0. The molecule has 96 valence electrons. The van der Waals surface area contributed by atoms with E-state index in [1.807, 2.05) is 13.1 Å². The first-order valence-corrected chi connectivity index (χ1v) is 6.24. The van der Waals surface area contributed by atoms with Gasteiger partial charge in [0.25, 0.3) is 0 Å². The molecule has 0 aliphatic rings. The van der Waals surface area contributed by atoms with Gasteiger partial charge in [0.15, 0.2) is 0 Å². The molecule has 1 N–H and O–H groups in total. The van der Waals surface area contributed by atoms with Crippen LogP contribution in [0.5, 0.6) is 5.75 Å². The largest absolute Gasteiger partial charge is 0.487 e. The van der Waals surface area contributed by atoms with Crippen molar-refractivity contribution in [3.63, 3.8) is 0 Å². The second-order valence-electron chi connectivity index (χ2n) is 3.76. The summed E-state index contributed by atoms with van der Waals surface area (Å²) in [5.41, 5.74) is 0.996. The molecule has 0 amide bonds. The SMILES string of the molecule is CNCc1occc1COc1ccc(Cl)cc1Cl. The van der Waals surface area contributed by atoms with Gasteiger partial charge in [0, 0.05) is 10.6 Å². The van der Waals surface area contributed by atoms with Crippen molar-refractivity contribution in [3.05, 3.63) is 51.9 Å². The summed E-state index contributed by atoms with van der Waals surface area (Å²) in [7, 11) is 1.86. The molecule has 0 unspecified atom stereocenters. The van der Waals surface area contributed by atoms with Crippen LogP contribution < -0.4 is 10.1 Å². The minimum Gasteiger partial charge on any atom is -0.487 e. The topological polar surface area (TPSA) is 34.4 Å². The van der Waals surface area contributed by atoms with Crippen LogP contribution >= 0.6 is 23.2 Å². The number of hydrogen-bond acceptors (Lipinski definition) is 3. The highest BCUT2D eigenvalue weighted by atomic mass is 35.5. The molecule has 0 saturated heterocycles. The lowest BCUT2D eigenvalue weighted by Crippen LogP contribution is -2.07. The number of furan rings is 1. The summed E-state index contributed by atoms with van der Waals surface area (Å²) in [5.74, 6) is 1.47. The number of benzene rings is 1. The Morgan fingerprint density at radius 1 is 1.28 bits per heavy atom. The molecule has 18 heavy (non-hydrogen) atoms. The summed E-state index contributed by atoms with van der Waals surface area (Å²) in [6, 6.07) is 7.04. The van der Waals surface area contributed by atoms with Gasteiger partial charge >= 0.3 is 0 Å². The van der Waals surface area contributed by atoms with Gasteiger partial charge in [-0.25, -0.2) is 0 Å². The van der Waals surface area contributed by atoms with Crippen molar-refractivity contribution in [2.75, 3.05) is 7.05 Å². The van der Waals surface area contributed by atoms with Crippen molar-refractivity contribution in [2.24, 2.45) is 0 Å². The van der Waals surface area contributed by atoms with E-state index < -0.39 is 0 Å². The Labute approximate surface area is 116 Å². The van der Waals surface area contributed by atoms with Crippen LogP contribution in [0.4, 0.5) is 0 Å².